The Morgan fingerprint density at radius 2 is 2.42 bits per heavy atom. The summed E-state index contributed by atoms with van der Waals surface area (Å²) in [6, 6.07) is 0.952. The van der Waals surface area contributed by atoms with Crippen molar-refractivity contribution < 1.29 is 23.5 Å². The molecule has 19 heavy (non-hydrogen) atoms. The van der Waals surface area contributed by atoms with Crippen LogP contribution in [0, 0.1) is 5.92 Å². The minimum Gasteiger partial charge on any atom is -0.396 e. The van der Waals surface area contributed by atoms with Gasteiger partial charge in [0.25, 0.3) is 0 Å². The fourth-order valence-corrected chi connectivity index (χ4v) is 2.71. The number of aliphatic hydroxyl groups is 1. The number of alkyl halides is 1. The van der Waals surface area contributed by atoms with Crippen LogP contribution >= 0.6 is 8.25 Å². The van der Waals surface area contributed by atoms with Gasteiger partial charge in [0.1, 0.15) is 12.1 Å². The molecule has 1 aliphatic rings. The topological polar surface area (TPSA) is 105 Å². The van der Waals surface area contributed by atoms with Crippen molar-refractivity contribution >= 4 is 14.1 Å². The second-order valence-corrected chi connectivity index (χ2v) is 4.96. The molecule has 2 rings (SSSR count). The molecule has 0 aromatic carbocycles. The van der Waals surface area contributed by atoms with Crippen molar-refractivity contribution in [3.8, 4) is 0 Å². The SMILES string of the molecule is O=[P+](O)OC1[C@@H](CO)C[C@@H](Nc2ccncn2)[C@H]1F. The second kappa shape index (κ2) is 6.29. The lowest BCUT2D eigenvalue weighted by atomic mass is 10.1. The van der Waals surface area contributed by atoms with Gasteiger partial charge in [0.15, 0.2) is 12.3 Å². The number of nitrogens with zero attached hydrogens (tertiary/aromatic N) is 2. The Morgan fingerprint density at radius 1 is 1.63 bits per heavy atom. The lowest BCUT2D eigenvalue weighted by Crippen LogP contribution is -2.33. The zero-order valence-corrected chi connectivity index (χ0v) is 10.8. The van der Waals surface area contributed by atoms with Crippen LogP contribution in [0.15, 0.2) is 18.6 Å². The van der Waals surface area contributed by atoms with E-state index in [2.05, 4.69) is 19.8 Å². The highest BCUT2D eigenvalue weighted by atomic mass is 31.1. The number of aliphatic hydroxyl groups excluding tert-OH is 1. The minimum atomic E-state index is -2.90. The van der Waals surface area contributed by atoms with Crippen molar-refractivity contribution in [1.82, 2.24) is 9.97 Å². The van der Waals surface area contributed by atoms with Gasteiger partial charge >= 0.3 is 8.25 Å². The fourth-order valence-electron chi connectivity index (χ4n) is 2.21. The third-order valence-corrected chi connectivity index (χ3v) is 3.50. The number of nitrogens with one attached hydrogen (secondary N) is 1. The van der Waals surface area contributed by atoms with E-state index < -0.39 is 32.5 Å². The summed E-state index contributed by atoms with van der Waals surface area (Å²) in [7, 11) is -2.90. The lowest BCUT2D eigenvalue weighted by Gasteiger charge is -2.16. The summed E-state index contributed by atoms with van der Waals surface area (Å²) in [4.78, 5) is 16.4. The Morgan fingerprint density at radius 3 is 3.00 bits per heavy atom. The molecule has 1 aliphatic carbocycles. The molecule has 3 N–H and O–H groups in total. The summed E-state index contributed by atoms with van der Waals surface area (Å²) in [6.07, 6.45) is 0.526. The van der Waals surface area contributed by atoms with Crippen molar-refractivity contribution in [3.05, 3.63) is 18.6 Å². The molecule has 0 saturated heterocycles. The molecule has 7 nitrogen and oxygen atoms in total. The van der Waals surface area contributed by atoms with Gasteiger partial charge in [0, 0.05) is 23.3 Å². The zero-order valence-electron chi connectivity index (χ0n) is 9.89. The van der Waals surface area contributed by atoms with Crippen LogP contribution in [0.1, 0.15) is 6.42 Å². The van der Waals surface area contributed by atoms with Crippen molar-refractivity contribution in [3.63, 3.8) is 0 Å². The molecule has 1 saturated carbocycles. The van der Waals surface area contributed by atoms with E-state index >= 15 is 0 Å². The maximum atomic E-state index is 14.2. The van der Waals surface area contributed by atoms with E-state index in [0.29, 0.717) is 5.82 Å². The molecular formula is C10H14FN3O4P+. The Balaban J connectivity index is 2.05. The number of hydrogen-bond donors (Lipinski definition) is 3. The lowest BCUT2D eigenvalue weighted by molar-refractivity contribution is 0.0612. The first-order valence-corrected chi connectivity index (χ1v) is 6.85. The highest BCUT2D eigenvalue weighted by Gasteiger charge is 2.48. The second-order valence-electron chi connectivity index (χ2n) is 4.28. The maximum Gasteiger partial charge on any atom is 0.695 e. The van der Waals surface area contributed by atoms with E-state index in [9.17, 15) is 14.1 Å². The standard InChI is InChI=1S/C10H13FN3O4P/c11-9-7(14-8-1-2-12-5-13-8)3-6(4-15)10(9)18-19(16)17/h1-2,5-7,9-10,15H,3-4H2,(H-,12,13,14,16,17)/p+1/t6-,7-,9-,10?/m1/s1. The highest BCUT2D eigenvalue weighted by Crippen LogP contribution is 2.37. The van der Waals surface area contributed by atoms with Crippen molar-refractivity contribution in [2.75, 3.05) is 11.9 Å². The van der Waals surface area contributed by atoms with Crippen LogP contribution in [-0.2, 0) is 9.09 Å². The van der Waals surface area contributed by atoms with Crippen LogP contribution in [-0.4, -0.2) is 44.9 Å². The number of rotatable bonds is 5. The van der Waals surface area contributed by atoms with Crippen molar-refractivity contribution in [1.29, 1.82) is 0 Å². The first-order chi connectivity index (χ1) is 9.11. The molecular weight excluding hydrogens is 276 g/mol. The van der Waals surface area contributed by atoms with Gasteiger partial charge in [-0.15, -0.1) is 9.42 Å². The first kappa shape index (κ1) is 14.2. The van der Waals surface area contributed by atoms with Crippen LogP contribution < -0.4 is 5.32 Å². The molecule has 1 heterocycles. The largest absolute Gasteiger partial charge is 0.695 e. The molecule has 104 valence electrons. The molecule has 0 bridgehead atoms. The molecule has 9 heteroatoms. The van der Waals surface area contributed by atoms with E-state index in [1.165, 1.54) is 12.5 Å². The van der Waals surface area contributed by atoms with Gasteiger partial charge in [-0.2, -0.15) is 0 Å². The van der Waals surface area contributed by atoms with E-state index in [4.69, 9.17) is 4.89 Å². The Labute approximate surface area is 109 Å². The van der Waals surface area contributed by atoms with Crippen LogP contribution in [0.25, 0.3) is 0 Å². The maximum absolute atomic E-state index is 14.2. The summed E-state index contributed by atoms with van der Waals surface area (Å²) in [5, 5.41) is 12.0. The normalized spacial score (nSPS) is 31.2. The summed E-state index contributed by atoms with van der Waals surface area (Å²) in [5.41, 5.74) is 0. The highest BCUT2D eigenvalue weighted by molar-refractivity contribution is 7.32. The molecule has 0 aliphatic heterocycles. The van der Waals surface area contributed by atoms with Gasteiger partial charge < -0.3 is 10.4 Å². The smallest absolute Gasteiger partial charge is 0.396 e. The van der Waals surface area contributed by atoms with Crippen molar-refractivity contribution in [2.45, 2.75) is 24.7 Å². The van der Waals surface area contributed by atoms with Gasteiger partial charge in [0.2, 0.25) is 0 Å². The molecule has 1 aromatic heterocycles. The van der Waals surface area contributed by atoms with Crippen LogP contribution in [0.3, 0.4) is 0 Å². The fraction of sp³-hybridized carbons (Fsp3) is 0.600. The number of aromatic nitrogens is 2. The Bertz CT molecular complexity index is 438. The van der Waals surface area contributed by atoms with Crippen LogP contribution in [0.4, 0.5) is 10.2 Å². The molecule has 1 fully saturated rings. The Kier molecular flexibility index (Phi) is 4.71. The van der Waals surface area contributed by atoms with E-state index in [1.54, 1.807) is 6.07 Å². The molecule has 1 aromatic rings. The van der Waals surface area contributed by atoms with Gasteiger partial charge in [-0.1, -0.05) is 0 Å². The van der Waals surface area contributed by atoms with E-state index in [1.807, 2.05) is 0 Å². The Hall–Kier alpha value is -1.21. The summed E-state index contributed by atoms with van der Waals surface area (Å²) in [5.74, 6) is -0.0752. The van der Waals surface area contributed by atoms with Gasteiger partial charge in [-0.3, -0.25) is 0 Å². The third-order valence-electron chi connectivity index (χ3n) is 3.08. The van der Waals surface area contributed by atoms with E-state index in [0.717, 1.165) is 0 Å². The predicted octanol–water partition coefficient (Wildman–Crippen LogP) is 0.642. The average molecular weight is 290 g/mol. The summed E-state index contributed by atoms with van der Waals surface area (Å²) < 4.78 is 29.5. The zero-order chi connectivity index (χ0) is 13.8. The third kappa shape index (κ3) is 3.42. The molecule has 5 atom stereocenters. The monoisotopic (exact) mass is 290 g/mol. The number of halogens is 1. The molecule has 2 unspecified atom stereocenters. The predicted molar refractivity (Wildman–Crippen MR) is 64.2 cm³/mol. The number of anilines is 1. The molecule has 0 radical (unpaired) electrons. The van der Waals surface area contributed by atoms with E-state index in [-0.39, 0.29) is 13.0 Å². The number of hydrogen-bond acceptors (Lipinski definition) is 6. The quantitative estimate of drug-likeness (QED) is 0.683. The molecule has 0 spiro atoms. The van der Waals surface area contributed by atoms with Crippen LogP contribution in [0.5, 0.6) is 0 Å². The summed E-state index contributed by atoms with van der Waals surface area (Å²) >= 11 is 0. The molecule has 0 amide bonds. The first-order valence-electron chi connectivity index (χ1n) is 5.72. The van der Waals surface area contributed by atoms with Crippen molar-refractivity contribution in [2.24, 2.45) is 5.92 Å². The minimum absolute atomic E-state index is 0.287. The van der Waals surface area contributed by atoms with Gasteiger partial charge in [-0.25, -0.2) is 14.4 Å². The van der Waals surface area contributed by atoms with Crippen LogP contribution in [0.2, 0.25) is 0 Å². The van der Waals surface area contributed by atoms with Gasteiger partial charge in [0.05, 0.1) is 6.04 Å². The average Bonchev–Trinajstić information content (AvgIpc) is 2.68. The summed E-state index contributed by atoms with van der Waals surface area (Å²) in [6.45, 7) is -0.309. The van der Waals surface area contributed by atoms with Gasteiger partial charge in [-0.05, 0) is 12.5 Å².